The first-order valence-corrected chi connectivity index (χ1v) is 6.06. The van der Waals surface area contributed by atoms with Crippen LogP contribution in [0.5, 0.6) is 5.75 Å². The maximum atomic E-state index is 10.9. The Morgan fingerprint density at radius 3 is 2.65 bits per heavy atom. The minimum atomic E-state index is -2.38. The summed E-state index contributed by atoms with van der Waals surface area (Å²) in [6, 6.07) is 12.7. The van der Waals surface area contributed by atoms with E-state index in [1.54, 1.807) is 12.1 Å². The van der Waals surface area contributed by atoms with Crippen LogP contribution in [0.4, 0.5) is 0 Å². The predicted octanol–water partition coefficient (Wildman–Crippen LogP) is 1.90. The molecule has 5 heteroatoms. The number of nitrogens with zero attached hydrogens (tertiary/aromatic N) is 1. The zero-order chi connectivity index (χ0) is 12.1. The highest BCUT2D eigenvalue weighted by atomic mass is 32.2. The molecule has 17 heavy (non-hydrogen) atoms. The van der Waals surface area contributed by atoms with Crippen LogP contribution in [-0.4, -0.2) is 13.7 Å². The van der Waals surface area contributed by atoms with Crippen LogP contribution in [0.3, 0.4) is 0 Å². The van der Waals surface area contributed by atoms with Gasteiger partial charge in [0.1, 0.15) is 6.61 Å². The summed E-state index contributed by atoms with van der Waals surface area (Å²) in [5.74, 6) is 0.268. The van der Waals surface area contributed by atoms with Crippen LogP contribution in [-0.2, 0) is 17.7 Å². The Labute approximate surface area is 102 Å². The third-order valence-corrected chi connectivity index (χ3v) is 2.75. The van der Waals surface area contributed by atoms with Crippen LogP contribution in [0, 0.1) is 0 Å². The van der Waals surface area contributed by atoms with Crippen LogP contribution < -0.4 is 4.74 Å². The molecule has 1 atom stereocenters. The summed E-state index contributed by atoms with van der Waals surface area (Å²) in [4.78, 5) is 3.75. The molecule has 0 spiro atoms. The van der Waals surface area contributed by atoms with E-state index in [4.69, 9.17) is 4.74 Å². The van der Waals surface area contributed by atoms with Gasteiger partial charge in [0.05, 0.1) is 0 Å². The Hall–Kier alpha value is -1.72. The number of aromatic nitrogens is 1. The molecule has 0 aliphatic heterocycles. The molecule has 2 aromatic rings. The van der Waals surface area contributed by atoms with E-state index in [0.717, 1.165) is 5.56 Å². The molecule has 0 saturated carbocycles. The Balaban J connectivity index is 2.12. The molecule has 0 aliphatic carbocycles. The van der Waals surface area contributed by atoms with Gasteiger partial charge in [-0.1, -0.05) is 30.3 Å². The van der Waals surface area contributed by atoms with Crippen molar-refractivity contribution in [3.8, 4) is 5.75 Å². The minimum Gasteiger partial charge on any atom is -0.767 e. The van der Waals surface area contributed by atoms with E-state index < -0.39 is 11.1 Å². The quantitative estimate of drug-likeness (QED) is 0.775. The van der Waals surface area contributed by atoms with Crippen molar-refractivity contribution < 1.29 is 13.5 Å². The van der Waals surface area contributed by atoms with Crippen molar-refractivity contribution in [1.82, 2.24) is 4.98 Å². The molecule has 1 aromatic heterocycles. The van der Waals surface area contributed by atoms with Gasteiger partial charge in [-0.05, 0) is 17.7 Å². The first-order valence-electron chi connectivity index (χ1n) is 4.98. The fraction of sp³-hybridized carbons (Fsp3) is 0.0833. The van der Waals surface area contributed by atoms with E-state index in [-0.39, 0.29) is 10.8 Å². The summed E-state index contributed by atoms with van der Waals surface area (Å²) in [7, 11) is 0. The average Bonchev–Trinajstić information content (AvgIpc) is 2.38. The Kier molecular flexibility index (Phi) is 3.85. The molecular formula is C12H10NO3S-. The molecule has 4 nitrogen and oxygen atoms in total. The fourth-order valence-electron chi connectivity index (χ4n) is 1.35. The van der Waals surface area contributed by atoms with Crippen molar-refractivity contribution in [2.45, 2.75) is 11.6 Å². The number of hydrogen-bond donors (Lipinski definition) is 0. The van der Waals surface area contributed by atoms with Gasteiger partial charge in [-0.2, -0.15) is 0 Å². The molecule has 0 N–H and O–H groups in total. The fourth-order valence-corrected chi connectivity index (χ4v) is 1.78. The number of ether oxygens (including phenoxy) is 1. The van der Waals surface area contributed by atoms with Gasteiger partial charge in [0.2, 0.25) is 0 Å². The molecule has 0 fully saturated rings. The van der Waals surface area contributed by atoms with Crippen molar-refractivity contribution in [2.75, 3.05) is 0 Å². The van der Waals surface area contributed by atoms with Crippen LogP contribution >= 0.6 is 0 Å². The zero-order valence-corrected chi connectivity index (χ0v) is 9.72. The van der Waals surface area contributed by atoms with E-state index in [9.17, 15) is 8.76 Å². The number of hydrogen-bond acceptors (Lipinski definition) is 4. The molecule has 1 aromatic carbocycles. The maximum Gasteiger partial charge on any atom is 0.155 e. The second kappa shape index (κ2) is 5.56. The van der Waals surface area contributed by atoms with E-state index in [1.807, 2.05) is 30.3 Å². The van der Waals surface area contributed by atoms with Gasteiger partial charge < -0.3 is 9.29 Å². The van der Waals surface area contributed by atoms with Crippen molar-refractivity contribution >= 4 is 11.1 Å². The molecule has 1 unspecified atom stereocenters. The first kappa shape index (κ1) is 11.8. The van der Waals surface area contributed by atoms with Gasteiger partial charge in [0.25, 0.3) is 0 Å². The van der Waals surface area contributed by atoms with Crippen LogP contribution in [0.15, 0.2) is 53.7 Å². The Bertz CT molecular complexity index is 516. The summed E-state index contributed by atoms with van der Waals surface area (Å²) in [6.45, 7) is 0.316. The van der Waals surface area contributed by atoms with E-state index in [2.05, 4.69) is 4.98 Å². The predicted molar refractivity (Wildman–Crippen MR) is 62.2 cm³/mol. The van der Waals surface area contributed by atoms with Crippen molar-refractivity contribution in [2.24, 2.45) is 0 Å². The molecule has 1 heterocycles. The number of pyridine rings is 1. The summed E-state index contributed by atoms with van der Waals surface area (Å²) in [6.07, 6.45) is 1.42. The van der Waals surface area contributed by atoms with E-state index in [0.29, 0.717) is 6.61 Å². The van der Waals surface area contributed by atoms with Crippen LogP contribution in [0.25, 0.3) is 0 Å². The van der Waals surface area contributed by atoms with Gasteiger partial charge in [-0.3, -0.25) is 4.21 Å². The second-order valence-electron chi connectivity index (χ2n) is 3.32. The third-order valence-electron chi connectivity index (χ3n) is 2.13. The lowest BCUT2D eigenvalue weighted by Gasteiger charge is -2.11. The van der Waals surface area contributed by atoms with Crippen molar-refractivity contribution in [1.29, 1.82) is 0 Å². The highest BCUT2D eigenvalue weighted by Gasteiger charge is 2.04. The summed E-state index contributed by atoms with van der Waals surface area (Å²) >= 11 is -2.38. The van der Waals surface area contributed by atoms with Gasteiger partial charge in [0, 0.05) is 17.3 Å². The van der Waals surface area contributed by atoms with Gasteiger partial charge in [0.15, 0.2) is 10.8 Å². The van der Waals surface area contributed by atoms with E-state index in [1.165, 1.54) is 6.20 Å². The lowest BCUT2D eigenvalue weighted by atomic mass is 10.2. The third kappa shape index (κ3) is 3.12. The average molecular weight is 248 g/mol. The molecule has 0 amide bonds. The summed E-state index contributed by atoms with van der Waals surface area (Å²) < 4.78 is 27.2. The SMILES string of the molecule is O=S([O-])c1ncccc1OCc1ccccc1. The van der Waals surface area contributed by atoms with Gasteiger partial charge in [-0.25, -0.2) is 4.98 Å². The first-order chi connectivity index (χ1) is 8.27. The molecular weight excluding hydrogens is 238 g/mol. The summed E-state index contributed by atoms with van der Waals surface area (Å²) in [5, 5.41) is -0.0663. The lowest BCUT2D eigenvalue weighted by Crippen LogP contribution is -2.01. The minimum absolute atomic E-state index is 0.0663. The highest BCUT2D eigenvalue weighted by molar-refractivity contribution is 7.79. The van der Waals surface area contributed by atoms with Crippen molar-refractivity contribution in [3.05, 3.63) is 54.2 Å². The molecule has 88 valence electrons. The van der Waals surface area contributed by atoms with Gasteiger partial charge >= 0.3 is 0 Å². The summed E-state index contributed by atoms with van der Waals surface area (Å²) in [5.41, 5.74) is 0.971. The second-order valence-corrected chi connectivity index (χ2v) is 4.17. The van der Waals surface area contributed by atoms with Crippen molar-refractivity contribution in [3.63, 3.8) is 0 Å². The zero-order valence-electron chi connectivity index (χ0n) is 8.91. The molecule has 0 bridgehead atoms. The van der Waals surface area contributed by atoms with E-state index >= 15 is 0 Å². The van der Waals surface area contributed by atoms with Gasteiger partial charge in [-0.15, -0.1) is 0 Å². The normalized spacial score (nSPS) is 12.1. The molecule has 2 rings (SSSR count). The topological polar surface area (TPSA) is 62.2 Å². The number of benzene rings is 1. The van der Waals surface area contributed by atoms with Crippen LogP contribution in [0.2, 0.25) is 0 Å². The Morgan fingerprint density at radius 2 is 1.94 bits per heavy atom. The smallest absolute Gasteiger partial charge is 0.155 e. The Morgan fingerprint density at radius 1 is 1.18 bits per heavy atom. The molecule has 0 aliphatic rings. The molecule has 0 saturated heterocycles. The lowest BCUT2D eigenvalue weighted by molar-refractivity contribution is 0.294. The maximum absolute atomic E-state index is 10.9. The molecule has 0 radical (unpaired) electrons. The van der Waals surface area contributed by atoms with Crippen LogP contribution in [0.1, 0.15) is 5.56 Å². The monoisotopic (exact) mass is 248 g/mol. The highest BCUT2D eigenvalue weighted by Crippen LogP contribution is 2.19. The standard InChI is InChI=1S/C12H11NO3S/c14-17(15)12-11(7-4-8-13-12)16-9-10-5-2-1-3-6-10/h1-8H,9H2,(H,14,15)/p-1. The number of rotatable bonds is 4. The largest absolute Gasteiger partial charge is 0.767 e.